The Balaban J connectivity index is 2.52. The molecule has 0 radical (unpaired) electrons. The molecule has 0 aromatic heterocycles. The van der Waals surface area contributed by atoms with E-state index in [1.54, 1.807) is 36.4 Å². The highest BCUT2D eigenvalue weighted by Gasteiger charge is 2.21. The first-order chi connectivity index (χ1) is 9.05. The molecule has 0 atom stereocenters. The number of halogens is 1. The van der Waals surface area contributed by atoms with Gasteiger partial charge in [0.25, 0.3) is 0 Å². The van der Waals surface area contributed by atoms with E-state index in [0.717, 1.165) is 5.56 Å². The van der Waals surface area contributed by atoms with Gasteiger partial charge in [-0.05, 0) is 24.6 Å². The van der Waals surface area contributed by atoms with Gasteiger partial charge in [-0.1, -0.05) is 64.0 Å². The fourth-order valence-corrected chi connectivity index (χ4v) is 4.04. The zero-order valence-corrected chi connectivity index (χ0v) is 12.8. The van der Waals surface area contributed by atoms with E-state index in [4.69, 9.17) is 0 Å². The van der Waals surface area contributed by atoms with Gasteiger partial charge < -0.3 is 0 Å². The Morgan fingerprint density at radius 1 is 1.00 bits per heavy atom. The summed E-state index contributed by atoms with van der Waals surface area (Å²) >= 11 is 3.16. The molecule has 0 N–H and O–H groups in total. The maximum atomic E-state index is 12.6. The fourth-order valence-electron chi connectivity index (χ4n) is 1.72. The molecule has 0 amide bonds. The lowest BCUT2D eigenvalue weighted by molar-refractivity contribution is 0.606. The quantitative estimate of drug-likeness (QED) is 0.843. The Morgan fingerprint density at radius 2 is 1.58 bits per heavy atom. The van der Waals surface area contributed by atoms with E-state index >= 15 is 0 Å². The molecule has 2 rings (SSSR count). The second-order valence-corrected chi connectivity index (χ2v) is 6.53. The van der Waals surface area contributed by atoms with Crippen LogP contribution in [0.4, 0.5) is 0 Å². The van der Waals surface area contributed by atoms with Crippen molar-refractivity contribution in [3.63, 3.8) is 0 Å². The Labute approximate surface area is 121 Å². The normalized spacial score (nSPS) is 12.4. The van der Waals surface area contributed by atoms with Crippen molar-refractivity contribution in [2.75, 3.05) is 0 Å². The van der Waals surface area contributed by atoms with Crippen LogP contribution in [-0.2, 0) is 9.84 Å². The molecule has 0 saturated carbocycles. The highest BCUT2D eigenvalue weighted by atomic mass is 79.9. The molecule has 19 heavy (non-hydrogen) atoms. The average Bonchev–Trinajstić information content (AvgIpc) is 2.41. The summed E-state index contributed by atoms with van der Waals surface area (Å²) in [5, 5.41) is 0. The molecule has 0 unspecified atom stereocenters. The minimum Gasteiger partial charge on any atom is -0.218 e. The van der Waals surface area contributed by atoms with Crippen LogP contribution in [0.25, 0.3) is 4.91 Å². The van der Waals surface area contributed by atoms with Crippen LogP contribution in [-0.4, -0.2) is 8.42 Å². The first-order valence-electron chi connectivity index (χ1n) is 5.73. The summed E-state index contributed by atoms with van der Waals surface area (Å²) < 4.78 is 25.2. The van der Waals surface area contributed by atoms with Crippen molar-refractivity contribution in [1.82, 2.24) is 0 Å². The lowest BCUT2D eigenvalue weighted by atomic mass is 10.2. The Kier molecular flexibility index (Phi) is 4.22. The molecule has 2 nitrogen and oxygen atoms in total. The largest absolute Gasteiger partial charge is 0.218 e. The SMILES string of the molecule is Cc1ccc(S(=O)(=O)C(=CBr)c2ccccc2)cc1. The Morgan fingerprint density at radius 3 is 2.11 bits per heavy atom. The smallest absolute Gasteiger partial charge is 0.207 e. The highest BCUT2D eigenvalue weighted by Crippen LogP contribution is 2.28. The van der Waals surface area contributed by atoms with Crippen LogP contribution < -0.4 is 0 Å². The van der Waals surface area contributed by atoms with Gasteiger partial charge in [0.1, 0.15) is 0 Å². The van der Waals surface area contributed by atoms with Gasteiger partial charge in [0.05, 0.1) is 9.80 Å². The summed E-state index contributed by atoms with van der Waals surface area (Å²) in [4.78, 5) is 2.02. The number of hydrogen-bond donors (Lipinski definition) is 0. The predicted molar refractivity (Wildman–Crippen MR) is 81.7 cm³/mol. The van der Waals surface area contributed by atoms with E-state index in [9.17, 15) is 8.42 Å². The molecule has 0 spiro atoms. The number of aryl methyl sites for hydroxylation is 1. The maximum Gasteiger partial charge on any atom is 0.207 e. The minimum absolute atomic E-state index is 0.261. The van der Waals surface area contributed by atoms with Gasteiger partial charge in [-0.2, -0.15) is 0 Å². The molecule has 0 bridgehead atoms. The van der Waals surface area contributed by atoms with Crippen molar-refractivity contribution in [2.24, 2.45) is 0 Å². The molecule has 0 aliphatic carbocycles. The van der Waals surface area contributed by atoms with Gasteiger partial charge in [0, 0.05) is 4.99 Å². The minimum atomic E-state index is -3.51. The summed E-state index contributed by atoms with van der Waals surface area (Å²) in [6.07, 6.45) is 0. The summed E-state index contributed by atoms with van der Waals surface area (Å²) in [7, 11) is -3.51. The number of rotatable bonds is 3. The van der Waals surface area contributed by atoms with Crippen LogP contribution in [0.15, 0.2) is 64.5 Å². The summed E-state index contributed by atoms with van der Waals surface area (Å²) in [6, 6.07) is 15.9. The van der Waals surface area contributed by atoms with Gasteiger partial charge in [0.2, 0.25) is 9.84 Å². The molecule has 0 aliphatic heterocycles. The molecule has 2 aromatic carbocycles. The van der Waals surface area contributed by atoms with E-state index in [1.807, 2.05) is 25.1 Å². The third-order valence-corrected chi connectivity index (χ3v) is 5.36. The van der Waals surface area contributed by atoms with Gasteiger partial charge in [0.15, 0.2) is 0 Å². The Hall–Kier alpha value is -1.39. The van der Waals surface area contributed by atoms with Crippen LogP contribution in [0.5, 0.6) is 0 Å². The third kappa shape index (κ3) is 2.96. The summed E-state index contributed by atoms with van der Waals surface area (Å²) in [6.45, 7) is 1.93. The van der Waals surface area contributed by atoms with Crippen LogP contribution in [0.3, 0.4) is 0 Å². The van der Waals surface area contributed by atoms with E-state index in [1.165, 1.54) is 4.99 Å². The first-order valence-corrected chi connectivity index (χ1v) is 8.13. The molecule has 0 fully saturated rings. The van der Waals surface area contributed by atoms with E-state index in [-0.39, 0.29) is 4.91 Å². The third-order valence-electron chi connectivity index (χ3n) is 2.78. The van der Waals surface area contributed by atoms with Crippen molar-refractivity contribution in [3.8, 4) is 0 Å². The molecule has 0 heterocycles. The van der Waals surface area contributed by atoms with Gasteiger partial charge in [-0.15, -0.1) is 0 Å². The van der Waals surface area contributed by atoms with Crippen LogP contribution in [0, 0.1) is 6.92 Å². The van der Waals surface area contributed by atoms with Crippen molar-refractivity contribution >= 4 is 30.7 Å². The van der Waals surface area contributed by atoms with Crippen molar-refractivity contribution < 1.29 is 8.42 Å². The molecule has 0 aliphatic rings. The highest BCUT2D eigenvalue weighted by molar-refractivity contribution is 9.11. The zero-order chi connectivity index (χ0) is 13.9. The first kappa shape index (κ1) is 14.0. The van der Waals surface area contributed by atoms with E-state index < -0.39 is 9.84 Å². The van der Waals surface area contributed by atoms with E-state index in [2.05, 4.69) is 15.9 Å². The molecule has 98 valence electrons. The van der Waals surface area contributed by atoms with Crippen molar-refractivity contribution in [3.05, 3.63) is 70.7 Å². The average molecular weight is 337 g/mol. The van der Waals surface area contributed by atoms with E-state index in [0.29, 0.717) is 10.5 Å². The number of benzene rings is 2. The van der Waals surface area contributed by atoms with Gasteiger partial charge in [-0.3, -0.25) is 0 Å². The predicted octanol–water partition coefficient (Wildman–Crippen LogP) is 4.16. The number of hydrogen-bond acceptors (Lipinski definition) is 2. The molecular weight excluding hydrogens is 324 g/mol. The van der Waals surface area contributed by atoms with Crippen molar-refractivity contribution in [1.29, 1.82) is 0 Å². The van der Waals surface area contributed by atoms with Crippen molar-refractivity contribution in [2.45, 2.75) is 11.8 Å². The molecule has 0 saturated heterocycles. The van der Waals surface area contributed by atoms with Crippen LogP contribution in [0.2, 0.25) is 0 Å². The molecule has 2 aromatic rings. The Bertz CT molecular complexity index is 687. The lowest BCUT2D eigenvalue weighted by Gasteiger charge is -2.09. The van der Waals surface area contributed by atoms with Gasteiger partial charge >= 0.3 is 0 Å². The summed E-state index contributed by atoms with van der Waals surface area (Å²) in [5.41, 5.74) is 1.70. The number of sulfone groups is 1. The monoisotopic (exact) mass is 336 g/mol. The fraction of sp³-hybridized carbons (Fsp3) is 0.0667. The molecule has 4 heteroatoms. The second-order valence-electron chi connectivity index (χ2n) is 4.16. The lowest BCUT2D eigenvalue weighted by Crippen LogP contribution is -2.03. The second kappa shape index (κ2) is 5.72. The van der Waals surface area contributed by atoms with Gasteiger partial charge in [-0.25, -0.2) is 8.42 Å². The molecular formula is C15H13BrO2S. The standard InChI is InChI=1S/C15H13BrO2S/c1-12-7-9-14(10-8-12)19(17,18)15(11-16)13-5-3-2-4-6-13/h2-11H,1H3. The topological polar surface area (TPSA) is 34.1 Å². The van der Waals surface area contributed by atoms with Crippen LogP contribution >= 0.6 is 15.9 Å². The zero-order valence-electron chi connectivity index (χ0n) is 10.4. The van der Waals surface area contributed by atoms with Crippen LogP contribution in [0.1, 0.15) is 11.1 Å². The summed E-state index contributed by atoms with van der Waals surface area (Å²) in [5.74, 6) is 0. The maximum absolute atomic E-state index is 12.6.